The van der Waals surface area contributed by atoms with E-state index in [9.17, 15) is 10.1 Å². The van der Waals surface area contributed by atoms with E-state index >= 15 is 0 Å². The average molecular weight is 270 g/mol. The van der Waals surface area contributed by atoms with E-state index in [0.717, 1.165) is 6.07 Å². The van der Waals surface area contributed by atoms with Gasteiger partial charge in [0.25, 0.3) is 0 Å². The largest absolute Gasteiger partial charge is 0.432 e. The lowest BCUT2D eigenvalue weighted by atomic mass is 10.2. The van der Waals surface area contributed by atoms with E-state index in [1.54, 1.807) is 13.0 Å². The maximum absolute atomic E-state index is 11.0. The van der Waals surface area contributed by atoms with Crippen molar-refractivity contribution in [2.45, 2.75) is 6.92 Å². The van der Waals surface area contributed by atoms with Crippen LogP contribution in [-0.2, 0) is 0 Å². The van der Waals surface area contributed by atoms with Crippen molar-refractivity contribution < 1.29 is 9.66 Å². The number of benzene rings is 1. The van der Waals surface area contributed by atoms with Gasteiger partial charge in [-0.05, 0) is 25.1 Å². The monoisotopic (exact) mass is 270 g/mol. The molecule has 100 valence electrons. The van der Waals surface area contributed by atoms with Crippen LogP contribution in [0.3, 0.4) is 0 Å². The second-order valence-electron chi connectivity index (χ2n) is 4.04. The summed E-state index contributed by atoms with van der Waals surface area (Å²) in [5.74, 6) is 0.251. The summed E-state index contributed by atoms with van der Waals surface area (Å²) in [7, 11) is 0. The quantitative estimate of drug-likeness (QED) is 0.676. The number of nitriles is 1. The van der Waals surface area contributed by atoms with Crippen molar-refractivity contribution in [3.63, 3.8) is 0 Å². The number of aryl methyl sites for hydroxylation is 1. The molecular formula is C13H10N4O3. The lowest BCUT2D eigenvalue weighted by molar-refractivity contribution is -0.385. The number of hydrogen-bond acceptors (Lipinski definition) is 6. The summed E-state index contributed by atoms with van der Waals surface area (Å²) in [5, 5.41) is 19.8. The SMILES string of the molecule is Cc1cc(N)cnc1Oc1ccc(C#N)cc1[N+](=O)[O-]. The minimum absolute atomic E-state index is 0.0226. The van der Waals surface area contributed by atoms with Crippen LogP contribution >= 0.6 is 0 Å². The maximum Gasteiger partial charge on any atom is 0.312 e. The zero-order chi connectivity index (χ0) is 14.7. The standard InChI is InChI=1S/C13H10N4O3/c1-8-4-10(15)7-16-13(8)20-12-3-2-9(6-14)5-11(12)17(18)19/h2-5,7H,15H2,1H3. The Bertz CT molecular complexity index is 722. The second kappa shape index (κ2) is 5.24. The molecule has 1 aromatic carbocycles. The molecule has 0 radical (unpaired) electrons. The third kappa shape index (κ3) is 2.64. The Morgan fingerprint density at radius 2 is 2.20 bits per heavy atom. The first-order valence-corrected chi connectivity index (χ1v) is 5.60. The van der Waals surface area contributed by atoms with Crippen LogP contribution in [0.2, 0.25) is 0 Å². The van der Waals surface area contributed by atoms with Gasteiger partial charge in [-0.25, -0.2) is 4.98 Å². The van der Waals surface area contributed by atoms with Crippen molar-refractivity contribution in [3.05, 3.63) is 51.7 Å². The highest BCUT2D eigenvalue weighted by Gasteiger charge is 2.18. The fourth-order valence-corrected chi connectivity index (χ4v) is 1.61. The molecule has 2 rings (SSSR count). The zero-order valence-corrected chi connectivity index (χ0v) is 10.5. The summed E-state index contributed by atoms with van der Waals surface area (Å²) in [6, 6.07) is 7.45. The number of nitrogen functional groups attached to an aromatic ring is 1. The van der Waals surface area contributed by atoms with Gasteiger partial charge in [0, 0.05) is 11.6 Å². The van der Waals surface area contributed by atoms with Gasteiger partial charge in [0.15, 0.2) is 0 Å². The Hall–Kier alpha value is -3.14. The lowest BCUT2D eigenvalue weighted by Gasteiger charge is -2.08. The third-order valence-corrected chi connectivity index (χ3v) is 2.54. The number of ether oxygens (including phenoxy) is 1. The Balaban J connectivity index is 2.43. The van der Waals surface area contributed by atoms with Gasteiger partial charge in [-0.15, -0.1) is 0 Å². The van der Waals surface area contributed by atoms with Crippen LogP contribution < -0.4 is 10.5 Å². The summed E-state index contributed by atoms with van der Waals surface area (Å²) in [6.45, 7) is 1.73. The number of nitrogens with zero attached hydrogens (tertiary/aromatic N) is 3. The van der Waals surface area contributed by atoms with E-state index in [0.29, 0.717) is 11.3 Å². The van der Waals surface area contributed by atoms with E-state index < -0.39 is 4.92 Å². The van der Waals surface area contributed by atoms with Gasteiger partial charge in [-0.1, -0.05) is 0 Å². The van der Waals surface area contributed by atoms with Crippen LogP contribution in [0.15, 0.2) is 30.5 Å². The van der Waals surface area contributed by atoms with Gasteiger partial charge in [0.2, 0.25) is 11.6 Å². The molecule has 1 aromatic heterocycles. The highest BCUT2D eigenvalue weighted by atomic mass is 16.6. The third-order valence-electron chi connectivity index (χ3n) is 2.54. The van der Waals surface area contributed by atoms with E-state index in [2.05, 4.69) is 4.98 Å². The first kappa shape index (κ1) is 13.3. The summed E-state index contributed by atoms with van der Waals surface area (Å²) in [5.41, 5.74) is 6.60. The molecule has 0 aliphatic heterocycles. The fraction of sp³-hybridized carbons (Fsp3) is 0.0769. The maximum atomic E-state index is 11.0. The molecule has 0 aliphatic rings. The average Bonchev–Trinajstić information content (AvgIpc) is 2.42. The number of anilines is 1. The predicted octanol–water partition coefficient (Wildman–Crippen LogP) is 2.54. The lowest BCUT2D eigenvalue weighted by Crippen LogP contribution is -1.98. The van der Waals surface area contributed by atoms with Crippen LogP contribution in [0.5, 0.6) is 11.6 Å². The molecule has 7 heteroatoms. The summed E-state index contributed by atoms with van der Waals surface area (Å²) < 4.78 is 5.44. The van der Waals surface area contributed by atoms with Crippen LogP contribution in [0.4, 0.5) is 11.4 Å². The van der Waals surface area contributed by atoms with Crippen LogP contribution in [0.1, 0.15) is 11.1 Å². The molecule has 7 nitrogen and oxygen atoms in total. The smallest absolute Gasteiger partial charge is 0.312 e. The molecule has 0 amide bonds. The van der Waals surface area contributed by atoms with Crippen molar-refractivity contribution in [2.24, 2.45) is 0 Å². The van der Waals surface area contributed by atoms with Crippen molar-refractivity contribution in [1.82, 2.24) is 4.98 Å². The van der Waals surface area contributed by atoms with Crippen molar-refractivity contribution in [1.29, 1.82) is 5.26 Å². The Morgan fingerprint density at radius 3 is 2.80 bits per heavy atom. The summed E-state index contributed by atoms with van der Waals surface area (Å²) in [6.07, 6.45) is 1.40. The zero-order valence-electron chi connectivity index (χ0n) is 10.5. The number of aromatic nitrogens is 1. The van der Waals surface area contributed by atoms with Gasteiger partial charge in [-0.2, -0.15) is 5.26 Å². The molecule has 0 aliphatic carbocycles. The number of rotatable bonds is 3. The minimum Gasteiger partial charge on any atom is -0.432 e. The van der Waals surface area contributed by atoms with Crippen molar-refractivity contribution in [2.75, 3.05) is 5.73 Å². The molecule has 0 fully saturated rings. The number of nitro benzene ring substituents is 1. The van der Waals surface area contributed by atoms with E-state index in [1.165, 1.54) is 18.3 Å². The molecule has 0 bridgehead atoms. The van der Waals surface area contributed by atoms with E-state index in [-0.39, 0.29) is 22.9 Å². The highest BCUT2D eigenvalue weighted by molar-refractivity contribution is 5.53. The van der Waals surface area contributed by atoms with Crippen molar-refractivity contribution >= 4 is 11.4 Å². The molecule has 0 spiro atoms. The van der Waals surface area contributed by atoms with E-state index in [4.69, 9.17) is 15.7 Å². The van der Waals surface area contributed by atoms with Gasteiger partial charge in [0.1, 0.15) is 0 Å². The van der Waals surface area contributed by atoms with Crippen LogP contribution in [-0.4, -0.2) is 9.91 Å². The highest BCUT2D eigenvalue weighted by Crippen LogP contribution is 2.32. The number of nitrogens with two attached hydrogens (primary N) is 1. The first-order chi connectivity index (χ1) is 9.51. The Morgan fingerprint density at radius 1 is 1.45 bits per heavy atom. The van der Waals surface area contributed by atoms with E-state index in [1.807, 2.05) is 6.07 Å². The van der Waals surface area contributed by atoms with Gasteiger partial charge in [-0.3, -0.25) is 10.1 Å². The number of pyridine rings is 1. The molecule has 20 heavy (non-hydrogen) atoms. The fourth-order valence-electron chi connectivity index (χ4n) is 1.61. The molecule has 0 unspecified atom stereocenters. The molecule has 2 N–H and O–H groups in total. The molecule has 0 atom stereocenters. The normalized spacial score (nSPS) is 9.80. The summed E-state index contributed by atoms with van der Waals surface area (Å²) in [4.78, 5) is 14.4. The Labute approximate surface area is 114 Å². The van der Waals surface area contributed by atoms with Crippen LogP contribution in [0, 0.1) is 28.4 Å². The topological polar surface area (TPSA) is 115 Å². The van der Waals surface area contributed by atoms with Crippen LogP contribution in [0.25, 0.3) is 0 Å². The van der Waals surface area contributed by atoms with Gasteiger partial charge >= 0.3 is 5.69 Å². The minimum atomic E-state index is -0.608. The summed E-state index contributed by atoms with van der Waals surface area (Å²) >= 11 is 0. The molecule has 2 aromatic rings. The first-order valence-electron chi connectivity index (χ1n) is 5.60. The van der Waals surface area contributed by atoms with Gasteiger partial charge < -0.3 is 10.5 Å². The molecule has 0 saturated carbocycles. The van der Waals surface area contributed by atoms with Crippen molar-refractivity contribution in [3.8, 4) is 17.7 Å². The Kier molecular flexibility index (Phi) is 3.48. The molecule has 0 saturated heterocycles. The number of hydrogen-bond donors (Lipinski definition) is 1. The molecule has 1 heterocycles. The molecular weight excluding hydrogens is 260 g/mol. The van der Waals surface area contributed by atoms with Gasteiger partial charge in [0.05, 0.1) is 28.4 Å². The second-order valence-corrected chi connectivity index (χ2v) is 4.04. The number of nitro groups is 1. The predicted molar refractivity (Wildman–Crippen MR) is 71.3 cm³/mol.